The number of methoxy groups -OCH3 is 1. The molecular weight excluding hydrogens is 266 g/mol. The van der Waals surface area contributed by atoms with Gasteiger partial charge in [-0.05, 0) is 24.6 Å². The summed E-state index contributed by atoms with van der Waals surface area (Å²) in [6, 6.07) is 4.90. The second kappa shape index (κ2) is 6.16. The summed E-state index contributed by atoms with van der Waals surface area (Å²) in [5.41, 5.74) is 0.964. The highest BCUT2D eigenvalue weighted by atomic mass is 32.2. The van der Waals surface area contributed by atoms with Crippen molar-refractivity contribution in [2.45, 2.75) is 18.3 Å². The largest absolute Gasteiger partial charge is 0.504 e. The van der Waals surface area contributed by atoms with Crippen LogP contribution in [0.25, 0.3) is 0 Å². The molecule has 1 heterocycles. The molecule has 1 fully saturated rings. The van der Waals surface area contributed by atoms with Gasteiger partial charge in [0.15, 0.2) is 11.5 Å². The fraction of sp³-hybridized carbons (Fsp3) is 0.462. The average Bonchev–Trinajstić information content (AvgIpc) is 2.89. The molecule has 0 radical (unpaired) electrons. The van der Waals surface area contributed by atoms with E-state index >= 15 is 0 Å². The Labute approximate surface area is 116 Å². The van der Waals surface area contributed by atoms with E-state index in [1.807, 2.05) is 6.07 Å². The summed E-state index contributed by atoms with van der Waals surface area (Å²) in [6.45, 7) is 2.18. The first-order valence-electron chi connectivity index (χ1n) is 6.07. The van der Waals surface area contributed by atoms with Crippen LogP contribution in [0.2, 0.25) is 0 Å². The zero-order chi connectivity index (χ0) is 13.8. The Balaban J connectivity index is 2.06. The SMILES string of the molecule is CCOC(=O)C1CSC(c2ccc(O)c(OC)c2)N1. The van der Waals surface area contributed by atoms with E-state index in [1.165, 1.54) is 7.11 Å². The maximum Gasteiger partial charge on any atom is 0.324 e. The van der Waals surface area contributed by atoms with E-state index in [0.717, 1.165) is 5.56 Å². The van der Waals surface area contributed by atoms with E-state index in [2.05, 4.69) is 5.32 Å². The fourth-order valence-corrected chi connectivity index (χ4v) is 3.12. The molecule has 0 saturated carbocycles. The van der Waals surface area contributed by atoms with Crippen LogP contribution in [0.4, 0.5) is 0 Å². The molecule has 2 unspecified atom stereocenters. The number of thioether (sulfide) groups is 1. The van der Waals surface area contributed by atoms with Crippen molar-refractivity contribution < 1.29 is 19.4 Å². The Kier molecular flexibility index (Phi) is 4.55. The van der Waals surface area contributed by atoms with Gasteiger partial charge in [0.2, 0.25) is 0 Å². The van der Waals surface area contributed by atoms with Crippen LogP contribution in [0.15, 0.2) is 18.2 Å². The summed E-state index contributed by atoms with van der Waals surface area (Å²) < 4.78 is 10.1. The second-order valence-electron chi connectivity index (χ2n) is 4.12. The summed E-state index contributed by atoms with van der Waals surface area (Å²) in [5, 5.41) is 12.8. The minimum atomic E-state index is -0.283. The Morgan fingerprint density at radius 2 is 2.37 bits per heavy atom. The molecule has 1 aliphatic heterocycles. The number of nitrogens with one attached hydrogen (secondary N) is 1. The van der Waals surface area contributed by atoms with Crippen molar-refractivity contribution in [1.82, 2.24) is 5.32 Å². The van der Waals surface area contributed by atoms with Crippen LogP contribution in [-0.2, 0) is 9.53 Å². The van der Waals surface area contributed by atoms with Crippen molar-refractivity contribution in [3.8, 4) is 11.5 Å². The predicted octanol–water partition coefficient (Wildman–Crippen LogP) is 1.67. The highest BCUT2D eigenvalue weighted by Crippen LogP contribution is 2.37. The monoisotopic (exact) mass is 283 g/mol. The summed E-state index contributed by atoms with van der Waals surface area (Å²) in [7, 11) is 1.51. The van der Waals surface area contributed by atoms with Gasteiger partial charge in [0.1, 0.15) is 6.04 Å². The molecule has 19 heavy (non-hydrogen) atoms. The van der Waals surface area contributed by atoms with Crippen LogP contribution in [0.3, 0.4) is 0 Å². The third-order valence-electron chi connectivity index (χ3n) is 2.86. The number of carbonyl (C=O) groups excluding carboxylic acids is 1. The lowest BCUT2D eigenvalue weighted by Gasteiger charge is -2.14. The normalized spacial score (nSPS) is 22.2. The number of ether oxygens (including phenoxy) is 2. The Bertz CT molecular complexity index is 466. The summed E-state index contributed by atoms with van der Waals surface area (Å²) >= 11 is 1.63. The number of hydrogen-bond acceptors (Lipinski definition) is 6. The minimum Gasteiger partial charge on any atom is -0.504 e. The molecule has 0 amide bonds. The first-order chi connectivity index (χ1) is 9.15. The van der Waals surface area contributed by atoms with Gasteiger partial charge in [-0.2, -0.15) is 0 Å². The van der Waals surface area contributed by atoms with E-state index in [9.17, 15) is 9.90 Å². The molecule has 6 heteroatoms. The molecule has 1 aromatic rings. The molecule has 0 bridgehead atoms. The maximum atomic E-state index is 11.6. The lowest BCUT2D eigenvalue weighted by atomic mass is 10.2. The van der Waals surface area contributed by atoms with Crippen molar-refractivity contribution in [3.05, 3.63) is 23.8 Å². The number of rotatable bonds is 4. The predicted molar refractivity (Wildman–Crippen MR) is 73.4 cm³/mol. The maximum absolute atomic E-state index is 11.6. The number of hydrogen-bond donors (Lipinski definition) is 2. The number of phenolic OH excluding ortho intramolecular Hbond substituents is 1. The van der Waals surface area contributed by atoms with Crippen LogP contribution in [0, 0.1) is 0 Å². The van der Waals surface area contributed by atoms with Crippen LogP contribution in [0.1, 0.15) is 17.9 Å². The third kappa shape index (κ3) is 3.13. The van der Waals surface area contributed by atoms with Crippen LogP contribution in [-0.4, -0.2) is 36.6 Å². The van der Waals surface area contributed by atoms with Gasteiger partial charge in [-0.15, -0.1) is 11.8 Å². The zero-order valence-corrected chi connectivity index (χ0v) is 11.7. The van der Waals surface area contributed by atoms with Crippen LogP contribution in [0.5, 0.6) is 11.5 Å². The Hall–Kier alpha value is -1.40. The van der Waals surface area contributed by atoms with Crippen molar-refractivity contribution in [3.63, 3.8) is 0 Å². The van der Waals surface area contributed by atoms with E-state index in [0.29, 0.717) is 18.1 Å². The lowest BCUT2D eigenvalue weighted by molar-refractivity contribution is -0.144. The zero-order valence-electron chi connectivity index (χ0n) is 10.9. The average molecular weight is 283 g/mol. The number of carbonyl (C=O) groups is 1. The Morgan fingerprint density at radius 3 is 3.05 bits per heavy atom. The van der Waals surface area contributed by atoms with Crippen molar-refractivity contribution in [1.29, 1.82) is 0 Å². The quantitative estimate of drug-likeness (QED) is 0.819. The van der Waals surface area contributed by atoms with Gasteiger partial charge >= 0.3 is 5.97 Å². The van der Waals surface area contributed by atoms with E-state index in [-0.39, 0.29) is 23.1 Å². The molecule has 2 atom stereocenters. The summed E-state index contributed by atoms with van der Waals surface area (Å²) in [6.07, 6.45) is 0. The molecule has 2 rings (SSSR count). The molecular formula is C13H17NO4S. The van der Waals surface area contributed by atoms with Gasteiger partial charge < -0.3 is 14.6 Å². The number of phenols is 1. The Morgan fingerprint density at radius 1 is 1.58 bits per heavy atom. The van der Waals surface area contributed by atoms with E-state index in [1.54, 1.807) is 30.8 Å². The smallest absolute Gasteiger partial charge is 0.324 e. The molecule has 0 aromatic heterocycles. The summed E-state index contributed by atoms with van der Waals surface area (Å²) in [5.74, 6) is 0.992. The standard InChI is InChI=1S/C13H17NO4S/c1-3-18-13(16)9-7-19-12(14-9)8-4-5-10(15)11(6-8)17-2/h4-6,9,12,14-15H,3,7H2,1-2H3. The molecule has 1 aliphatic rings. The topological polar surface area (TPSA) is 67.8 Å². The van der Waals surface area contributed by atoms with Gasteiger partial charge in [0.25, 0.3) is 0 Å². The van der Waals surface area contributed by atoms with E-state index < -0.39 is 0 Å². The summed E-state index contributed by atoms with van der Waals surface area (Å²) in [4.78, 5) is 11.6. The number of benzene rings is 1. The third-order valence-corrected chi connectivity index (χ3v) is 4.13. The molecule has 5 nitrogen and oxygen atoms in total. The first-order valence-corrected chi connectivity index (χ1v) is 7.11. The fourth-order valence-electron chi connectivity index (χ4n) is 1.90. The molecule has 0 spiro atoms. The molecule has 1 saturated heterocycles. The van der Waals surface area contributed by atoms with Crippen molar-refractivity contribution >= 4 is 17.7 Å². The molecule has 0 aliphatic carbocycles. The number of esters is 1. The van der Waals surface area contributed by atoms with Crippen LogP contribution >= 0.6 is 11.8 Å². The molecule has 2 N–H and O–H groups in total. The minimum absolute atomic E-state index is 0.00362. The van der Waals surface area contributed by atoms with Gasteiger partial charge in [-0.1, -0.05) is 6.07 Å². The lowest BCUT2D eigenvalue weighted by Crippen LogP contribution is -2.35. The van der Waals surface area contributed by atoms with Crippen molar-refractivity contribution in [2.75, 3.05) is 19.5 Å². The first kappa shape index (κ1) is 14.0. The van der Waals surface area contributed by atoms with Gasteiger partial charge in [-0.3, -0.25) is 10.1 Å². The van der Waals surface area contributed by atoms with Crippen LogP contribution < -0.4 is 10.1 Å². The molecule has 1 aromatic carbocycles. The second-order valence-corrected chi connectivity index (χ2v) is 5.25. The van der Waals surface area contributed by atoms with Gasteiger partial charge in [0, 0.05) is 5.75 Å². The molecule has 104 valence electrons. The van der Waals surface area contributed by atoms with Gasteiger partial charge in [-0.25, -0.2) is 0 Å². The number of aromatic hydroxyl groups is 1. The highest BCUT2D eigenvalue weighted by Gasteiger charge is 2.31. The highest BCUT2D eigenvalue weighted by molar-refractivity contribution is 7.99. The van der Waals surface area contributed by atoms with Gasteiger partial charge in [0.05, 0.1) is 19.1 Å². The van der Waals surface area contributed by atoms with E-state index in [4.69, 9.17) is 9.47 Å². The van der Waals surface area contributed by atoms with Crippen molar-refractivity contribution in [2.24, 2.45) is 0 Å².